The molecule has 0 spiro atoms. The Bertz CT molecular complexity index is 1340. The van der Waals surface area contributed by atoms with Gasteiger partial charge in [0.25, 0.3) is 0 Å². The molecule has 0 saturated heterocycles. The molecule has 0 fully saturated rings. The largest absolute Gasteiger partial charge is 0.251 e. The fraction of sp³-hybridized carbons (Fsp3) is 0.673. The van der Waals surface area contributed by atoms with Crippen molar-refractivity contribution in [2.24, 2.45) is 9.98 Å². The summed E-state index contributed by atoms with van der Waals surface area (Å²) in [7, 11) is 0. The van der Waals surface area contributed by atoms with Crippen LogP contribution >= 0.6 is 0 Å². The van der Waals surface area contributed by atoms with Crippen LogP contribution in [0, 0.1) is 0 Å². The van der Waals surface area contributed by atoms with Crippen molar-refractivity contribution >= 4 is 22.8 Å². The molecule has 0 aliphatic rings. The number of aliphatic imine (C=N–C) groups is 2. The SMILES string of the molecule is CCC/C=C/CCCc1ccccc1N=C(CCCC)C(CCCCCCCCCCCCCCCCCCCCC)=Nc1ccccc1CCC/C=C/CCC.[Ni]. The van der Waals surface area contributed by atoms with E-state index in [9.17, 15) is 0 Å². The average Bonchev–Trinajstić information content (AvgIpc) is 3.23. The minimum absolute atomic E-state index is 0. The van der Waals surface area contributed by atoms with Crippen LogP contribution in [0.15, 0.2) is 82.8 Å². The van der Waals surface area contributed by atoms with Crippen LogP contribution < -0.4 is 0 Å². The van der Waals surface area contributed by atoms with Gasteiger partial charge in [-0.1, -0.05) is 223 Å². The van der Waals surface area contributed by atoms with E-state index in [1.807, 2.05) is 0 Å². The molecule has 0 radical (unpaired) electrons. The van der Waals surface area contributed by atoms with Crippen LogP contribution in [-0.4, -0.2) is 11.4 Å². The first kappa shape index (κ1) is 53.8. The molecule has 0 aliphatic carbocycles. The molecule has 0 N–H and O–H groups in total. The smallest absolute Gasteiger partial charge is 0.0665 e. The Balaban J connectivity index is 0.0000168. The van der Waals surface area contributed by atoms with Gasteiger partial charge in [0.2, 0.25) is 0 Å². The van der Waals surface area contributed by atoms with E-state index in [-0.39, 0.29) is 16.5 Å². The summed E-state index contributed by atoms with van der Waals surface area (Å²) in [6.45, 7) is 9.11. The summed E-state index contributed by atoms with van der Waals surface area (Å²) in [6, 6.07) is 17.8. The van der Waals surface area contributed by atoms with Gasteiger partial charge in [-0.3, -0.25) is 9.98 Å². The first-order chi connectivity index (χ1) is 28.2. The fourth-order valence-corrected chi connectivity index (χ4v) is 7.82. The molecule has 0 unspecified atom stereocenters. The van der Waals surface area contributed by atoms with E-state index in [1.165, 1.54) is 189 Å². The van der Waals surface area contributed by atoms with Crippen molar-refractivity contribution in [1.29, 1.82) is 0 Å². The molecule has 2 aromatic rings. The number of hydrogen-bond donors (Lipinski definition) is 0. The van der Waals surface area contributed by atoms with Crippen LogP contribution in [0.1, 0.15) is 238 Å². The maximum atomic E-state index is 5.55. The second-order valence-corrected chi connectivity index (χ2v) is 16.9. The number of unbranched alkanes of at least 4 members (excludes halogenated alkanes) is 23. The van der Waals surface area contributed by atoms with E-state index in [4.69, 9.17) is 9.98 Å². The Morgan fingerprint density at radius 3 is 1.07 bits per heavy atom. The third-order valence-corrected chi connectivity index (χ3v) is 11.5. The number of aryl methyl sites for hydroxylation is 2. The normalized spacial score (nSPS) is 12.3. The molecule has 0 aromatic heterocycles. The zero-order chi connectivity index (χ0) is 40.7. The van der Waals surface area contributed by atoms with Crippen LogP contribution in [0.5, 0.6) is 0 Å². The number of benzene rings is 2. The van der Waals surface area contributed by atoms with Gasteiger partial charge in [0.05, 0.1) is 22.8 Å². The first-order valence-electron chi connectivity index (χ1n) is 24.8. The summed E-state index contributed by atoms with van der Waals surface area (Å²) in [4.78, 5) is 11.1. The van der Waals surface area contributed by atoms with Crippen molar-refractivity contribution in [3.05, 3.63) is 84.0 Å². The zero-order valence-electron chi connectivity index (χ0n) is 38.5. The number of hydrogen-bond acceptors (Lipinski definition) is 2. The molecule has 3 heteroatoms. The third kappa shape index (κ3) is 28.3. The molecule has 2 nitrogen and oxygen atoms in total. The molecule has 2 aromatic carbocycles. The summed E-state index contributed by atoms with van der Waals surface area (Å²) in [5.74, 6) is 0. The third-order valence-electron chi connectivity index (χ3n) is 11.5. The van der Waals surface area contributed by atoms with Crippen molar-refractivity contribution in [2.75, 3.05) is 0 Å². The standard InChI is InChI=1S/C55H90N2.Ni/c1-5-9-13-16-19-20-21-22-23-24-25-26-27-28-29-30-31-34-37-49-55(57-53-48-41-39-45-51(53)43-36-33-18-15-11-7-3)54(46-12-8-4)56-52-47-40-38-44-50(52)42-35-32-17-14-10-6-2;/h14-15,17-18,38-41,44-45,47-48H,5-13,16,19-37,42-43,46,49H2,1-4H3;/b17-14+,18-15+,56-54?,57-55?;. The van der Waals surface area contributed by atoms with Crippen molar-refractivity contribution in [3.8, 4) is 0 Å². The summed E-state index contributed by atoms with van der Waals surface area (Å²) >= 11 is 0. The van der Waals surface area contributed by atoms with Crippen molar-refractivity contribution in [2.45, 2.75) is 240 Å². The van der Waals surface area contributed by atoms with Gasteiger partial charge in [-0.15, -0.1) is 0 Å². The zero-order valence-corrected chi connectivity index (χ0v) is 39.5. The summed E-state index contributed by atoms with van der Waals surface area (Å²) < 4.78 is 0. The molecular weight excluding hydrogens is 747 g/mol. The minimum Gasteiger partial charge on any atom is -0.251 e. The molecular formula is C55H90N2Ni. The topological polar surface area (TPSA) is 24.7 Å². The van der Waals surface area contributed by atoms with E-state index < -0.39 is 0 Å². The average molecular weight is 838 g/mol. The predicted octanol–water partition coefficient (Wildman–Crippen LogP) is 18.9. The van der Waals surface area contributed by atoms with E-state index in [1.54, 1.807) is 0 Å². The Kier molecular flexibility index (Phi) is 37.2. The molecule has 0 amide bonds. The van der Waals surface area contributed by atoms with Gasteiger partial charge in [0, 0.05) is 16.5 Å². The van der Waals surface area contributed by atoms with Gasteiger partial charge >= 0.3 is 0 Å². The van der Waals surface area contributed by atoms with Gasteiger partial charge in [-0.2, -0.15) is 0 Å². The van der Waals surface area contributed by atoms with Crippen molar-refractivity contribution in [1.82, 2.24) is 0 Å². The Morgan fingerprint density at radius 1 is 0.362 bits per heavy atom. The monoisotopic (exact) mass is 837 g/mol. The number of para-hydroxylation sites is 2. The van der Waals surface area contributed by atoms with Gasteiger partial charge in [0.1, 0.15) is 0 Å². The second kappa shape index (κ2) is 40.2. The quantitative estimate of drug-likeness (QED) is 0.0279. The molecule has 2 rings (SSSR count). The molecule has 0 bridgehead atoms. The molecule has 0 saturated carbocycles. The van der Waals surface area contributed by atoms with Crippen LogP contribution in [-0.2, 0) is 29.3 Å². The summed E-state index contributed by atoms with van der Waals surface area (Å²) in [5.41, 5.74) is 7.48. The Labute approximate surface area is 371 Å². The molecule has 58 heavy (non-hydrogen) atoms. The van der Waals surface area contributed by atoms with Crippen LogP contribution in [0.25, 0.3) is 0 Å². The van der Waals surface area contributed by atoms with Crippen molar-refractivity contribution in [3.63, 3.8) is 0 Å². The number of nitrogens with zero attached hydrogens (tertiary/aromatic N) is 2. The molecule has 0 aliphatic heterocycles. The van der Waals surface area contributed by atoms with Gasteiger partial charge < -0.3 is 0 Å². The number of allylic oxidation sites excluding steroid dienone is 4. The molecule has 330 valence electrons. The van der Waals surface area contributed by atoms with Crippen molar-refractivity contribution < 1.29 is 16.5 Å². The van der Waals surface area contributed by atoms with E-state index in [0.29, 0.717) is 0 Å². The van der Waals surface area contributed by atoms with Crippen LogP contribution in [0.4, 0.5) is 11.4 Å². The minimum atomic E-state index is 0. The fourth-order valence-electron chi connectivity index (χ4n) is 7.82. The Hall–Kier alpha value is -2.25. The summed E-state index contributed by atoms with van der Waals surface area (Å²) in [5, 5.41) is 0. The van der Waals surface area contributed by atoms with Gasteiger partial charge in [-0.05, 0) is 100 Å². The first-order valence-corrected chi connectivity index (χ1v) is 24.8. The van der Waals surface area contributed by atoms with E-state index in [2.05, 4.69) is 101 Å². The molecule has 0 heterocycles. The van der Waals surface area contributed by atoms with Crippen LogP contribution in [0.3, 0.4) is 0 Å². The molecule has 0 atom stereocenters. The Morgan fingerprint density at radius 2 is 0.690 bits per heavy atom. The maximum absolute atomic E-state index is 5.55. The van der Waals surface area contributed by atoms with E-state index >= 15 is 0 Å². The summed E-state index contributed by atoms with van der Waals surface area (Å²) in [6.07, 6.45) is 52.0. The van der Waals surface area contributed by atoms with Gasteiger partial charge in [0.15, 0.2) is 0 Å². The predicted molar refractivity (Wildman–Crippen MR) is 259 cm³/mol. The number of rotatable bonds is 38. The van der Waals surface area contributed by atoms with E-state index in [0.717, 1.165) is 56.3 Å². The van der Waals surface area contributed by atoms with Crippen LogP contribution in [0.2, 0.25) is 0 Å². The van der Waals surface area contributed by atoms with Gasteiger partial charge in [-0.25, -0.2) is 0 Å². The second-order valence-electron chi connectivity index (χ2n) is 16.9. The maximum Gasteiger partial charge on any atom is 0.0665 e.